The summed E-state index contributed by atoms with van der Waals surface area (Å²) in [6.45, 7) is 2.12. The van der Waals surface area contributed by atoms with Crippen molar-refractivity contribution in [2.24, 2.45) is 7.05 Å². The summed E-state index contributed by atoms with van der Waals surface area (Å²) < 4.78 is 8.23. The van der Waals surface area contributed by atoms with Gasteiger partial charge in [0.2, 0.25) is 0 Å². The monoisotopic (exact) mass is 324 g/mol. The van der Waals surface area contributed by atoms with Gasteiger partial charge in [0.25, 0.3) is 0 Å². The Hall–Kier alpha value is -1.33. The van der Waals surface area contributed by atoms with Crippen LogP contribution < -0.4 is 4.74 Å². The zero-order valence-electron chi connectivity index (χ0n) is 11.3. The van der Waals surface area contributed by atoms with Crippen molar-refractivity contribution in [3.63, 3.8) is 0 Å². The lowest BCUT2D eigenvalue weighted by molar-refractivity contribution is 0.295. The molecule has 0 aliphatic carbocycles. The van der Waals surface area contributed by atoms with Crippen LogP contribution >= 0.6 is 15.9 Å². The van der Waals surface area contributed by atoms with Gasteiger partial charge >= 0.3 is 0 Å². The number of aliphatic hydroxyl groups excluding tert-OH is 1. The van der Waals surface area contributed by atoms with Crippen LogP contribution in [0.5, 0.6) is 5.75 Å². The second-order valence-corrected chi connectivity index (χ2v) is 5.15. The minimum Gasteiger partial charge on any atom is -0.496 e. The first-order valence-corrected chi connectivity index (χ1v) is 6.84. The van der Waals surface area contributed by atoms with Gasteiger partial charge in [-0.2, -0.15) is 0 Å². The summed E-state index contributed by atoms with van der Waals surface area (Å²) in [6.07, 6.45) is 0.531. The minimum absolute atomic E-state index is 0.0850. The molecule has 0 atom stereocenters. The van der Waals surface area contributed by atoms with Crippen LogP contribution in [0.3, 0.4) is 0 Å². The Kier molecular flexibility index (Phi) is 4.27. The molecule has 5 heteroatoms. The van der Waals surface area contributed by atoms with Gasteiger partial charge in [-0.1, -0.05) is 11.6 Å². The standard InChI is InChI=1S/C14H17BrN2O2/c1-9-4-5-11(19-3)10(8-9)13-14(15)17(2)12(16-13)6-7-18/h4-5,8,18H,6-7H2,1-3H3. The van der Waals surface area contributed by atoms with Gasteiger partial charge in [0.05, 0.1) is 13.7 Å². The molecule has 0 saturated heterocycles. The Morgan fingerprint density at radius 1 is 1.42 bits per heavy atom. The van der Waals surface area contributed by atoms with E-state index in [-0.39, 0.29) is 6.61 Å². The summed E-state index contributed by atoms with van der Waals surface area (Å²) >= 11 is 3.56. The number of aliphatic hydroxyl groups is 1. The summed E-state index contributed by atoms with van der Waals surface area (Å²) in [7, 11) is 3.58. The van der Waals surface area contributed by atoms with Gasteiger partial charge in [0.1, 0.15) is 21.9 Å². The van der Waals surface area contributed by atoms with Crippen LogP contribution in [0, 0.1) is 6.92 Å². The number of hydrogen-bond donors (Lipinski definition) is 1. The number of hydrogen-bond acceptors (Lipinski definition) is 3. The Labute approximate surface area is 121 Å². The Morgan fingerprint density at radius 3 is 2.79 bits per heavy atom. The van der Waals surface area contributed by atoms with Crippen LogP contribution in [0.15, 0.2) is 22.8 Å². The van der Waals surface area contributed by atoms with Gasteiger partial charge in [0, 0.05) is 19.0 Å². The van der Waals surface area contributed by atoms with Crippen molar-refractivity contribution in [1.82, 2.24) is 9.55 Å². The smallest absolute Gasteiger partial charge is 0.128 e. The molecule has 1 aromatic heterocycles. The molecule has 0 saturated carbocycles. The molecule has 2 aromatic rings. The van der Waals surface area contributed by atoms with Crippen LogP contribution in [0.2, 0.25) is 0 Å². The predicted molar refractivity (Wildman–Crippen MR) is 78.4 cm³/mol. The second-order valence-electron chi connectivity index (χ2n) is 4.40. The largest absolute Gasteiger partial charge is 0.496 e. The van der Waals surface area contributed by atoms with Crippen LogP contribution in [0.25, 0.3) is 11.3 Å². The normalized spacial score (nSPS) is 10.8. The third-order valence-corrected chi connectivity index (χ3v) is 3.97. The molecule has 102 valence electrons. The second kappa shape index (κ2) is 5.75. The van der Waals surface area contributed by atoms with E-state index >= 15 is 0 Å². The van der Waals surface area contributed by atoms with E-state index in [9.17, 15) is 0 Å². The molecular weight excluding hydrogens is 308 g/mol. The fraction of sp³-hybridized carbons (Fsp3) is 0.357. The van der Waals surface area contributed by atoms with Gasteiger partial charge in [-0.3, -0.25) is 0 Å². The number of ether oxygens (including phenoxy) is 1. The summed E-state index contributed by atoms with van der Waals surface area (Å²) in [4.78, 5) is 4.60. The third kappa shape index (κ3) is 2.67. The maximum absolute atomic E-state index is 9.07. The van der Waals surface area contributed by atoms with Crippen molar-refractivity contribution in [1.29, 1.82) is 0 Å². The van der Waals surface area contributed by atoms with Crippen molar-refractivity contribution in [3.8, 4) is 17.0 Å². The van der Waals surface area contributed by atoms with Gasteiger partial charge in [-0.15, -0.1) is 0 Å². The molecule has 0 bridgehead atoms. The Balaban J connectivity index is 2.58. The van der Waals surface area contributed by atoms with E-state index in [1.54, 1.807) is 7.11 Å². The summed E-state index contributed by atoms with van der Waals surface area (Å²) in [5, 5.41) is 9.07. The topological polar surface area (TPSA) is 47.3 Å². The van der Waals surface area contributed by atoms with E-state index < -0.39 is 0 Å². The highest BCUT2D eigenvalue weighted by Gasteiger charge is 2.17. The number of halogens is 1. The third-order valence-electron chi connectivity index (χ3n) is 3.06. The molecule has 19 heavy (non-hydrogen) atoms. The van der Waals surface area contributed by atoms with Crippen LogP contribution in [0.1, 0.15) is 11.4 Å². The molecule has 0 unspecified atom stereocenters. The number of aryl methyl sites for hydroxylation is 1. The average Bonchev–Trinajstić information content (AvgIpc) is 2.67. The van der Waals surface area contributed by atoms with E-state index in [1.807, 2.05) is 30.7 Å². The van der Waals surface area contributed by atoms with Crippen molar-refractivity contribution in [2.45, 2.75) is 13.3 Å². The molecule has 4 nitrogen and oxygen atoms in total. The number of methoxy groups -OCH3 is 1. The Morgan fingerprint density at radius 2 is 2.16 bits per heavy atom. The molecule has 0 aliphatic heterocycles. The van der Waals surface area contributed by atoms with Crippen molar-refractivity contribution in [2.75, 3.05) is 13.7 Å². The highest BCUT2D eigenvalue weighted by molar-refractivity contribution is 9.10. The molecule has 0 amide bonds. The highest BCUT2D eigenvalue weighted by Crippen LogP contribution is 2.35. The zero-order chi connectivity index (χ0) is 14.0. The highest BCUT2D eigenvalue weighted by atomic mass is 79.9. The lowest BCUT2D eigenvalue weighted by Gasteiger charge is -2.08. The van der Waals surface area contributed by atoms with E-state index in [2.05, 4.69) is 27.0 Å². The molecule has 1 N–H and O–H groups in total. The fourth-order valence-electron chi connectivity index (χ4n) is 2.02. The number of rotatable bonds is 4. The van der Waals surface area contributed by atoms with E-state index in [0.29, 0.717) is 6.42 Å². The molecule has 0 radical (unpaired) electrons. The maximum atomic E-state index is 9.07. The molecule has 1 heterocycles. The van der Waals surface area contributed by atoms with Gasteiger partial charge < -0.3 is 14.4 Å². The van der Waals surface area contributed by atoms with Crippen LogP contribution in [0.4, 0.5) is 0 Å². The number of nitrogens with zero attached hydrogens (tertiary/aromatic N) is 2. The molecule has 0 fully saturated rings. The van der Waals surface area contributed by atoms with Crippen molar-refractivity contribution >= 4 is 15.9 Å². The van der Waals surface area contributed by atoms with Crippen molar-refractivity contribution in [3.05, 3.63) is 34.2 Å². The minimum atomic E-state index is 0.0850. The SMILES string of the molecule is COc1ccc(C)cc1-c1nc(CCO)n(C)c1Br. The quantitative estimate of drug-likeness (QED) is 0.940. The van der Waals surface area contributed by atoms with Crippen LogP contribution in [-0.4, -0.2) is 28.4 Å². The first-order valence-electron chi connectivity index (χ1n) is 6.05. The Bertz CT molecular complexity index is 593. The molecular formula is C14H17BrN2O2. The number of benzene rings is 1. The fourth-order valence-corrected chi connectivity index (χ4v) is 2.53. The summed E-state index contributed by atoms with van der Waals surface area (Å²) in [6, 6.07) is 6.00. The molecule has 1 aromatic carbocycles. The van der Waals surface area contributed by atoms with E-state index in [0.717, 1.165) is 33.0 Å². The van der Waals surface area contributed by atoms with Gasteiger partial charge in [0.15, 0.2) is 0 Å². The van der Waals surface area contributed by atoms with Crippen molar-refractivity contribution < 1.29 is 9.84 Å². The molecule has 0 aliphatic rings. The average molecular weight is 325 g/mol. The summed E-state index contributed by atoms with van der Waals surface area (Å²) in [5.74, 6) is 1.63. The summed E-state index contributed by atoms with van der Waals surface area (Å²) in [5.41, 5.74) is 2.94. The number of imidazole rings is 1. The molecule has 0 spiro atoms. The van der Waals surface area contributed by atoms with Crippen LogP contribution in [-0.2, 0) is 13.5 Å². The lowest BCUT2D eigenvalue weighted by atomic mass is 10.1. The van der Waals surface area contributed by atoms with E-state index in [1.165, 1.54) is 0 Å². The molecule has 2 rings (SSSR count). The lowest BCUT2D eigenvalue weighted by Crippen LogP contribution is -2.00. The predicted octanol–water partition coefficient (Wildman–Crippen LogP) is 2.70. The zero-order valence-corrected chi connectivity index (χ0v) is 12.9. The van der Waals surface area contributed by atoms with Gasteiger partial charge in [-0.25, -0.2) is 4.98 Å². The first-order chi connectivity index (χ1) is 9.08. The van der Waals surface area contributed by atoms with Gasteiger partial charge in [-0.05, 0) is 35.0 Å². The number of aromatic nitrogens is 2. The maximum Gasteiger partial charge on any atom is 0.128 e. The van der Waals surface area contributed by atoms with E-state index in [4.69, 9.17) is 9.84 Å². The first kappa shape index (κ1) is 14.1.